The Morgan fingerprint density at radius 3 is 1.96 bits per heavy atom. The van der Waals surface area contributed by atoms with Gasteiger partial charge in [-0.2, -0.15) is 0 Å². The minimum absolute atomic E-state index is 0.0919. The smallest absolute Gasteiger partial charge is 0.120 e. The lowest BCUT2D eigenvalue weighted by Crippen LogP contribution is -2.04. The molecule has 0 fully saturated rings. The molecule has 23 heavy (non-hydrogen) atoms. The number of phenols is 2. The van der Waals surface area contributed by atoms with Crippen LogP contribution in [0.4, 0.5) is 11.4 Å². The minimum Gasteiger partial charge on any atom is -0.508 e. The molecular formula is C17H24N2O4. The first-order valence-corrected chi connectivity index (χ1v) is 7.35. The van der Waals surface area contributed by atoms with Gasteiger partial charge in [-0.05, 0) is 30.7 Å². The predicted octanol–water partition coefficient (Wildman–Crippen LogP) is 1.90. The standard InChI is InChI=1S/C9H13NO2.C8H11NO2/c1-7-2-3-8(6-9(7)12)10-4-5-11;10-5-4-9-7-2-1-3-8(11)6-7/h2-3,6,10-12H,4-5H2,1H3;1-3,6,9-11H,4-5H2. The van der Waals surface area contributed by atoms with E-state index in [4.69, 9.17) is 15.3 Å². The van der Waals surface area contributed by atoms with Crippen LogP contribution < -0.4 is 10.6 Å². The van der Waals surface area contributed by atoms with Gasteiger partial charge < -0.3 is 31.1 Å². The van der Waals surface area contributed by atoms with Crippen molar-refractivity contribution in [2.24, 2.45) is 0 Å². The van der Waals surface area contributed by atoms with Gasteiger partial charge in [0.2, 0.25) is 0 Å². The molecule has 6 heteroatoms. The van der Waals surface area contributed by atoms with Gasteiger partial charge in [-0.1, -0.05) is 12.1 Å². The molecule has 2 rings (SSSR count). The normalized spacial score (nSPS) is 9.70. The molecular weight excluding hydrogens is 296 g/mol. The van der Waals surface area contributed by atoms with Crippen LogP contribution in [0.5, 0.6) is 11.5 Å². The van der Waals surface area contributed by atoms with Gasteiger partial charge in [0, 0.05) is 36.6 Å². The maximum atomic E-state index is 9.30. The Balaban J connectivity index is 0.000000231. The van der Waals surface area contributed by atoms with Gasteiger partial charge in [-0.25, -0.2) is 0 Å². The fraction of sp³-hybridized carbons (Fsp3) is 0.294. The summed E-state index contributed by atoms with van der Waals surface area (Å²) in [6.07, 6.45) is 0. The van der Waals surface area contributed by atoms with Crippen LogP contribution in [-0.2, 0) is 0 Å². The van der Waals surface area contributed by atoms with Crippen molar-refractivity contribution >= 4 is 11.4 Å². The van der Waals surface area contributed by atoms with Crippen LogP contribution in [0.1, 0.15) is 5.56 Å². The molecule has 0 aliphatic rings. The van der Waals surface area contributed by atoms with Crippen molar-refractivity contribution in [1.29, 1.82) is 0 Å². The zero-order chi connectivity index (χ0) is 17.1. The maximum Gasteiger partial charge on any atom is 0.120 e. The molecule has 0 saturated carbocycles. The summed E-state index contributed by atoms with van der Waals surface area (Å²) in [5.41, 5.74) is 2.50. The van der Waals surface area contributed by atoms with Crippen molar-refractivity contribution in [2.45, 2.75) is 6.92 Å². The van der Waals surface area contributed by atoms with Crippen molar-refractivity contribution in [3.63, 3.8) is 0 Å². The van der Waals surface area contributed by atoms with Crippen LogP contribution in [0, 0.1) is 6.92 Å². The highest BCUT2D eigenvalue weighted by Gasteiger charge is 1.96. The molecule has 0 heterocycles. The van der Waals surface area contributed by atoms with Gasteiger partial charge in [0.05, 0.1) is 13.2 Å². The zero-order valence-corrected chi connectivity index (χ0v) is 13.2. The number of phenolic OH excluding ortho intramolecular Hbond substituents is 2. The molecule has 0 unspecified atom stereocenters. The summed E-state index contributed by atoms with van der Waals surface area (Å²) < 4.78 is 0. The summed E-state index contributed by atoms with van der Waals surface area (Å²) in [7, 11) is 0. The van der Waals surface area contributed by atoms with Gasteiger partial charge in [0.15, 0.2) is 0 Å². The summed E-state index contributed by atoms with van der Waals surface area (Å²) >= 11 is 0. The Bertz CT molecular complexity index is 591. The van der Waals surface area contributed by atoms with Crippen LogP contribution in [0.15, 0.2) is 42.5 Å². The number of benzene rings is 2. The molecule has 2 aromatic carbocycles. The number of nitrogens with one attached hydrogen (secondary N) is 2. The number of aliphatic hydroxyl groups is 2. The predicted molar refractivity (Wildman–Crippen MR) is 92.1 cm³/mol. The van der Waals surface area contributed by atoms with Gasteiger partial charge in [-0.3, -0.25) is 0 Å². The third kappa shape index (κ3) is 7.39. The molecule has 0 aliphatic carbocycles. The van der Waals surface area contributed by atoms with E-state index in [9.17, 15) is 5.11 Å². The second kappa shape index (κ2) is 10.3. The van der Waals surface area contributed by atoms with Gasteiger partial charge >= 0.3 is 0 Å². The second-order valence-corrected chi connectivity index (χ2v) is 4.85. The first-order chi connectivity index (χ1) is 11.1. The van der Waals surface area contributed by atoms with Gasteiger partial charge in [0.25, 0.3) is 0 Å². The Kier molecular flexibility index (Phi) is 8.34. The molecule has 0 spiro atoms. The summed E-state index contributed by atoms with van der Waals surface area (Å²) in [5, 5.41) is 41.2. The molecule has 0 saturated heterocycles. The summed E-state index contributed by atoms with van der Waals surface area (Å²) in [6.45, 7) is 3.03. The molecule has 0 bridgehead atoms. The van der Waals surface area contributed by atoms with Crippen molar-refractivity contribution in [2.75, 3.05) is 36.9 Å². The van der Waals surface area contributed by atoms with Crippen molar-refractivity contribution in [3.8, 4) is 11.5 Å². The molecule has 0 aliphatic heterocycles. The molecule has 2 aromatic rings. The van der Waals surface area contributed by atoms with Crippen LogP contribution >= 0.6 is 0 Å². The Morgan fingerprint density at radius 2 is 1.43 bits per heavy atom. The number of hydrogen-bond acceptors (Lipinski definition) is 6. The second-order valence-electron chi connectivity index (χ2n) is 4.85. The molecule has 0 aromatic heterocycles. The van der Waals surface area contributed by atoms with Crippen LogP contribution in [-0.4, -0.2) is 46.7 Å². The average Bonchev–Trinajstić information content (AvgIpc) is 2.55. The van der Waals surface area contributed by atoms with E-state index in [1.54, 1.807) is 24.3 Å². The van der Waals surface area contributed by atoms with E-state index in [-0.39, 0.29) is 24.7 Å². The number of aromatic hydroxyl groups is 2. The lowest BCUT2D eigenvalue weighted by atomic mass is 10.2. The fourth-order valence-electron chi connectivity index (χ4n) is 1.74. The molecule has 6 nitrogen and oxygen atoms in total. The summed E-state index contributed by atoms with van der Waals surface area (Å²) in [4.78, 5) is 0. The summed E-state index contributed by atoms with van der Waals surface area (Å²) in [5.74, 6) is 0.505. The topological polar surface area (TPSA) is 105 Å². The average molecular weight is 320 g/mol. The van der Waals surface area contributed by atoms with Crippen LogP contribution in [0.2, 0.25) is 0 Å². The van der Waals surface area contributed by atoms with E-state index in [0.29, 0.717) is 13.1 Å². The molecule has 0 radical (unpaired) electrons. The number of aliphatic hydroxyl groups excluding tert-OH is 2. The summed E-state index contributed by atoms with van der Waals surface area (Å²) in [6, 6.07) is 12.1. The van der Waals surface area contributed by atoms with E-state index >= 15 is 0 Å². The largest absolute Gasteiger partial charge is 0.508 e. The van der Waals surface area contributed by atoms with Crippen molar-refractivity contribution in [3.05, 3.63) is 48.0 Å². The zero-order valence-electron chi connectivity index (χ0n) is 13.2. The van der Waals surface area contributed by atoms with Gasteiger partial charge in [-0.15, -0.1) is 0 Å². The van der Waals surface area contributed by atoms with Crippen LogP contribution in [0.25, 0.3) is 0 Å². The van der Waals surface area contributed by atoms with Gasteiger partial charge in [0.1, 0.15) is 11.5 Å². The number of rotatable bonds is 6. The third-order valence-electron chi connectivity index (χ3n) is 2.94. The number of anilines is 2. The first kappa shape index (κ1) is 18.6. The van der Waals surface area contributed by atoms with E-state index < -0.39 is 0 Å². The Labute approximate surface area is 136 Å². The third-order valence-corrected chi connectivity index (χ3v) is 2.94. The molecule has 0 atom stereocenters. The SMILES string of the molecule is Cc1ccc(NCCO)cc1O.OCCNc1cccc(O)c1. The highest BCUT2D eigenvalue weighted by Crippen LogP contribution is 2.20. The molecule has 0 amide bonds. The van der Waals surface area contributed by atoms with E-state index in [2.05, 4.69) is 10.6 Å². The van der Waals surface area contributed by atoms with E-state index in [0.717, 1.165) is 16.9 Å². The number of hydrogen-bond donors (Lipinski definition) is 6. The lowest BCUT2D eigenvalue weighted by Gasteiger charge is -2.05. The quantitative estimate of drug-likeness (QED) is 0.486. The van der Waals surface area contributed by atoms with Crippen molar-refractivity contribution in [1.82, 2.24) is 0 Å². The fourth-order valence-corrected chi connectivity index (χ4v) is 1.74. The Hall–Kier alpha value is -2.44. The Morgan fingerprint density at radius 1 is 0.826 bits per heavy atom. The monoisotopic (exact) mass is 320 g/mol. The first-order valence-electron chi connectivity index (χ1n) is 7.35. The maximum absolute atomic E-state index is 9.30. The highest BCUT2D eigenvalue weighted by atomic mass is 16.3. The van der Waals surface area contributed by atoms with E-state index in [1.807, 2.05) is 25.1 Å². The molecule has 126 valence electrons. The number of aryl methyl sites for hydroxylation is 1. The molecule has 6 N–H and O–H groups in total. The highest BCUT2D eigenvalue weighted by molar-refractivity contribution is 5.50. The lowest BCUT2D eigenvalue weighted by molar-refractivity contribution is 0.310. The minimum atomic E-state index is 0.0919. The van der Waals surface area contributed by atoms with Crippen LogP contribution in [0.3, 0.4) is 0 Å². The van der Waals surface area contributed by atoms with E-state index in [1.165, 1.54) is 0 Å². The van der Waals surface area contributed by atoms with Crippen molar-refractivity contribution < 1.29 is 20.4 Å².